The van der Waals surface area contributed by atoms with Crippen LogP contribution in [0.25, 0.3) is 0 Å². The van der Waals surface area contributed by atoms with Gasteiger partial charge in [-0.25, -0.2) is 4.98 Å². The Morgan fingerprint density at radius 2 is 2.10 bits per heavy atom. The van der Waals surface area contributed by atoms with Crippen molar-refractivity contribution >= 4 is 17.5 Å². The average molecular weight is 290 g/mol. The summed E-state index contributed by atoms with van der Waals surface area (Å²) >= 11 is 0. The molecule has 3 N–H and O–H groups in total. The zero-order valence-electron chi connectivity index (χ0n) is 11.5. The van der Waals surface area contributed by atoms with Gasteiger partial charge in [0, 0.05) is 13.6 Å². The van der Waals surface area contributed by atoms with Gasteiger partial charge in [-0.2, -0.15) is 13.2 Å². The maximum absolute atomic E-state index is 12.6. The van der Waals surface area contributed by atoms with E-state index in [2.05, 4.69) is 10.3 Å². The average Bonchev–Trinajstić information content (AvgIpc) is 2.35. The van der Waals surface area contributed by atoms with E-state index in [4.69, 9.17) is 5.73 Å². The highest BCUT2D eigenvalue weighted by molar-refractivity contribution is 5.83. The summed E-state index contributed by atoms with van der Waals surface area (Å²) in [6.07, 6.45) is -4.51. The van der Waals surface area contributed by atoms with Crippen LogP contribution in [-0.2, 0) is 11.0 Å². The van der Waals surface area contributed by atoms with Gasteiger partial charge in [0.05, 0.1) is 5.56 Å². The van der Waals surface area contributed by atoms with Crippen molar-refractivity contribution in [3.05, 3.63) is 17.7 Å². The summed E-state index contributed by atoms with van der Waals surface area (Å²) < 4.78 is 37.9. The standard InChI is InChI=1S/C12H17F3N4O/c1-4-19(3)11(20)7(2)17-10-6-8(12(13,14)15)5-9(16)18-10/h5-7H,4H2,1-3H3,(H3,16,17,18). The van der Waals surface area contributed by atoms with Crippen LogP contribution in [0, 0.1) is 0 Å². The highest BCUT2D eigenvalue weighted by atomic mass is 19.4. The number of nitrogens with one attached hydrogen (secondary N) is 1. The molecule has 112 valence electrons. The monoisotopic (exact) mass is 290 g/mol. The molecule has 0 fully saturated rings. The highest BCUT2D eigenvalue weighted by Gasteiger charge is 2.31. The molecule has 0 spiro atoms. The lowest BCUT2D eigenvalue weighted by atomic mass is 10.2. The highest BCUT2D eigenvalue weighted by Crippen LogP contribution is 2.31. The maximum Gasteiger partial charge on any atom is 0.416 e. The van der Waals surface area contributed by atoms with E-state index in [1.807, 2.05) is 0 Å². The molecule has 0 saturated heterocycles. The number of aromatic nitrogens is 1. The van der Waals surface area contributed by atoms with Gasteiger partial charge in [-0.1, -0.05) is 0 Å². The fraction of sp³-hybridized carbons (Fsp3) is 0.500. The molecule has 0 aliphatic heterocycles. The number of carbonyl (C=O) groups is 1. The third-order valence-electron chi connectivity index (χ3n) is 2.76. The van der Waals surface area contributed by atoms with Crippen molar-refractivity contribution in [2.24, 2.45) is 0 Å². The minimum absolute atomic E-state index is 0.0809. The number of likely N-dealkylation sites (N-methyl/N-ethyl adjacent to an activating group) is 1. The van der Waals surface area contributed by atoms with Crippen LogP contribution in [-0.4, -0.2) is 35.4 Å². The third kappa shape index (κ3) is 4.01. The van der Waals surface area contributed by atoms with E-state index in [0.717, 1.165) is 12.1 Å². The predicted molar refractivity (Wildman–Crippen MR) is 70.0 cm³/mol. The fourth-order valence-corrected chi connectivity index (χ4v) is 1.56. The molecule has 0 aromatic carbocycles. The third-order valence-corrected chi connectivity index (χ3v) is 2.76. The van der Waals surface area contributed by atoms with Gasteiger partial charge in [-0.3, -0.25) is 4.79 Å². The lowest BCUT2D eigenvalue weighted by Crippen LogP contribution is -2.39. The van der Waals surface area contributed by atoms with Crippen LogP contribution in [0.1, 0.15) is 19.4 Å². The second-order valence-corrected chi connectivity index (χ2v) is 4.38. The van der Waals surface area contributed by atoms with Crippen molar-refractivity contribution in [1.29, 1.82) is 0 Å². The second-order valence-electron chi connectivity index (χ2n) is 4.38. The molecule has 5 nitrogen and oxygen atoms in total. The summed E-state index contributed by atoms with van der Waals surface area (Å²) in [6, 6.07) is 0.873. The Labute approximate surface area is 115 Å². The zero-order chi connectivity index (χ0) is 15.5. The number of anilines is 2. The van der Waals surface area contributed by atoms with Crippen LogP contribution in [0.2, 0.25) is 0 Å². The van der Waals surface area contributed by atoms with Crippen LogP contribution >= 0.6 is 0 Å². The van der Waals surface area contributed by atoms with Crippen molar-refractivity contribution in [2.45, 2.75) is 26.1 Å². The molecule has 0 saturated carbocycles. The molecule has 1 heterocycles. The van der Waals surface area contributed by atoms with Crippen molar-refractivity contribution in [3.63, 3.8) is 0 Å². The number of nitrogen functional groups attached to an aromatic ring is 1. The zero-order valence-corrected chi connectivity index (χ0v) is 11.5. The number of nitrogens with two attached hydrogens (primary N) is 1. The maximum atomic E-state index is 12.6. The second kappa shape index (κ2) is 5.98. The quantitative estimate of drug-likeness (QED) is 0.889. The van der Waals surface area contributed by atoms with Crippen LogP contribution in [0.3, 0.4) is 0 Å². The van der Waals surface area contributed by atoms with E-state index in [0.29, 0.717) is 6.54 Å². The summed E-state index contributed by atoms with van der Waals surface area (Å²) in [5.74, 6) is -0.584. The Bertz CT molecular complexity index is 490. The SMILES string of the molecule is CCN(C)C(=O)C(C)Nc1cc(C(F)(F)F)cc(N)n1. The Morgan fingerprint density at radius 1 is 1.50 bits per heavy atom. The number of alkyl halides is 3. The number of halogens is 3. The first kappa shape index (κ1) is 16.1. The smallest absolute Gasteiger partial charge is 0.384 e. The largest absolute Gasteiger partial charge is 0.416 e. The summed E-state index contributed by atoms with van der Waals surface area (Å²) in [5, 5.41) is 2.63. The first-order valence-electron chi connectivity index (χ1n) is 6.01. The molecule has 0 aliphatic rings. The predicted octanol–water partition coefficient (Wildman–Crippen LogP) is 1.96. The van der Waals surface area contributed by atoms with E-state index in [1.165, 1.54) is 4.90 Å². The molecule has 0 bridgehead atoms. The van der Waals surface area contributed by atoms with Crippen LogP contribution < -0.4 is 11.1 Å². The molecular formula is C12H17F3N4O. The number of nitrogens with zero attached hydrogens (tertiary/aromatic N) is 2. The molecule has 0 aliphatic carbocycles. The molecule has 1 rings (SSSR count). The Morgan fingerprint density at radius 3 is 2.60 bits per heavy atom. The summed E-state index contributed by atoms with van der Waals surface area (Å²) in [7, 11) is 1.61. The van der Waals surface area contributed by atoms with Crippen molar-refractivity contribution in [2.75, 3.05) is 24.6 Å². The van der Waals surface area contributed by atoms with E-state index in [-0.39, 0.29) is 17.5 Å². The van der Waals surface area contributed by atoms with Crippen LogP contribution in [0.4, 0.5) is 24.8 Å². The summed E-state index contributed by atoms with van der Waals surface area (Å²) in [5.41, 5.74) is 4.44. The number of pyridine rings is 1. The van der Waals surface area contributed by atoms with E-state index in [1.54, 1.807) is 20.9 Å². The minimum atomic E-state index is -4.51. The molecule has 0 radical (unpaired) electrons. The van der Waals surface area contributed by atoms with Gasteiger partial charge >= 0.3 is 6.18 Å². The Balaban J connectivity index is 2.93. The van der Waals surface area contributed by atoms with Gasteiger partial charge in [0.2, 0.25) is 5.91 Å². The number of hydrogen-bond acceptors (Lipinski definition) is 4. The molecule has 1 amide bonds. The lowest BCUT2D eigenvalue weighted by molar-refractivity contribution is -0.137. The molecule has 1 atom stereocenters. The van der Waals surface area contributed by atoms with E-state index >= 15 is 0 Å². The number of carbonyl (C=O) groups excluding carboxylic acids is 1. The number of amides is 1. The van der Waals surface area contributed by atoms with Gasteiger partial charge in [0.1, 0.15) is 17.7 Å². The van der Waals surface area contributed by atoms with Crippen LogP contribution in [0.15, 0.2) is 12.1 Å². The molecule has 1 aromatic rings. The number of hydrogen-bond donors (Lipinski definition) is 2. The van der Waals surface area contributed by atoms with Crippen molar-refractivity contribution in [1.82, 2.24) is 9.88 Å². The van der Waals surface area contributed by atoms with Gasteiger partial charge < -0.3 is 16.0 Å². The first-order valence-corrected chi connectivity index (χ1v) is 6.01. The molecule has 8 heteroatoms. The first-order chi connectivity index (χ1) is 9.15. The molecule has 1 aromatic heterocycles. The Hall–Kier alpha value is -1.99. The lowest BCUT2D eigenvalue weighted by Gasteiger charge is -2.21. The summed E-state index contributed by atoms with van der Waals surface area (Å²) in [4.78, 5) is 17.0. The molecule has 20 heavy (non-hydrogen) atoms. The fourth-order valence-electron chi connectivity index (χ4n) is 1.56. The number of rotatable bonds is 4. The van der Waals surface area contributed by atoms with Crippen LogP contribution in [0.5, 0.6) is 0 Å². The normalized spacial score (nSPS) is 12.9. The van der Waals surface area contributed by atoms with Gasteiger partial charge in [0.15, 0.2) is 0 Å². The van der Waals surface area contributed by atoms with E-state index < -0.39 is 17.8 Å². The minimum Gasteiger partial charge on any atom is -0.384 e. The van der Waals surface area contributed by atoms with Gasteiger partial charge in [0.25, 0.3) is 0 Å². The van der Waals surface area contributed by atoms with Crippen molar-refractivity contribution < 1.29 is 18.0 Å². The van der Waals surface area contributed by atoms with Gasteiger partial charge in [-0.15, -0.1) is 0 Å². The van der Waals surface area contributed by atoms with Crippen molar-refractivity contribution in [3.8, 4) is 0 Å². The molecular weight excluding hydrogens is 273 g/mol. The Kier molecular flexibility index (Phi) is 4.80. The summed E-state index contributed by atoms with van der Waals surface area (Å²) in [6.45, 7) is 3.85. The van der Waals surface area contributed by atoms with E-state index in [9.17, 15) is 18.0 Å². The molecule has 1 unspecified atom stereocenters. The van der Waals surface area contributed by atoms with Gasteiger partial charge in [-0.05, 0) is 26.0 Å². The topological polar surface area (TPSA) is 71.2 Å².